The second kappa shape index (κ2) is 8.12. The van der Waals surface area contributed by atoms with Crippen molar-refractivity contribution in [2.24, 2.45) is 0 Å². The molecular weight excluding hydrogens is 359 g/mol. The number of likely N-dealkylation sites (tertiary alicyclic amines) is 1. The van der Waals surface area contributed by atoms with Gasteiger partial charge in [0.05, 0.1) is 11.9 Å². The summed E-state index contributed by atoms with van der Waals surface area (Å²) in [6.07, 6.45) is 6.50. The minimum absolute atomic E-state index is 0.0399. The first kappa shape index (κ1) is 18.0. The number of ether oxygens (including phenoxy) is 1. The van der Waals surface area contributed by atoms with E-state index in [0.29, 0.717) is 18.8 Å². The van der Waals surface area contributed by atoms with Gasteiger partial charge in [-0.15, -0.1) is 0 Å². The Balaban J connectivity index is 1.49. The zero-order valence-corrected chi connectivity index (χ0v) is 15.2. The number of rotatable bonds is 4. The van der Waals surface area contributed by atoms with Crippen LogP contribution in [0.2, 0.25) is 0 Å². The highest BCUT2D eigenvalue weighted by Gasteiger charge is 2.27. The number of aromatic nitrogens is 3. The SMILES string of the molecule is O=C(c1ccccn1)N1CCC[C@H](c2cncc(Oc3ccccc3F)n2)C1. The molecule has 4 rings (SSSR count). The van der Waals surface area contributed by atoms with Gasteiger partial charge in [0, 0.05) is 31.4 Å². The van der Waals surface area contributed by atoms with Crippen LogP contribution < -0.4 is 4.74 Å². The molecule has 142 valence electrons. The van der Waals surface area contributed by atoms with Crippen LogP contribution in [-0.2, 0) is 0 Å². The highest BCUT2D eigenvalue weighted by molar-refractivity contribution is 5.92. The van der Waals surface area contributed by atoms with Crippen molar-refractivity contribution in [2.75, 3.05) is 13.1 Å². The van der Waals surface area contributed by atoms with Crippen LogP contribution in [0.3, 0.4) is 0 Å². The van der Waals surface area contributed by atoms with Crippen LogP contribution in [0.1, 0.15) is 34.9 Å². The first-order valence-electron chi connectivity index (χ1n) is 9.15. The van der Waals surface area contributed by atoms with Gasteiger partial charge in [0.1, 0.15) is 5.69 Å². The number of para-hydroxylation sites is 1. The van der Waals surface area contributed by atoms with Crippen molar-refractivity contribution in [1.29, 1.82) is 0 Å². The number of hydrogen-bond donors (Lipinski definition) is 0. The lowest BCUT2D eigenvalue weighted by Crippen LogP contribution is -2.39. The molecule has 0 unspecified atom stereocenters. The number of amides is 1. The summed E-state index contributed by atoms with van der Waals surface area (Å²) in [5.41, 5.74) is 1.17. The van der Waals surface area contributed by atoms with Gasteiger partial charge in [-0.05, 0) is 37.1 Å². The highest BCUT2D eigenvalue weighted by Crippen LogP contribution is 2.28. The smallest absolute Gasteiger partial charge is 0.272 e. The van der Waals surface area contributed by atoms with E-state index in [1.165, 1.54) is 18.3 Å². The second-order valence-electron chi connectivity index (χ2n) is 6.62. The fourth-order valence-corrected chi connectivity index (χ4v) is 3.30. The summed E-state index contributed by atoms with van der Waals surface area (Å²) in [7, 11) is 0. The van der Waals surface area contributed by atoms with Gasteiger partial charge in [-0.3, -0.25) is 14.8 Å². The Morgan fingerprint density at radius 2 is 2.00 bits per heavy atom. The molecule has 0 saturated carbocycles. The Morgan fingerprint density at radius 1 is 1.14 bits per heavy atom. The van der Waals surface area contributed by atoms with Crippen LogP contribution in [0.15, 0.2) is 61.1 Å². The highest BCUT2D eigenvalue weighted by atomic mass is 19.1. The molecule has 1 amide bonds. The molecule has 0 bridgehead atoms. The minimum Gasteiger partial charge on any atom is -0.434 e. The van der Waals surface area contributed by atoms with Crippen LogP contribution in [0.4, 0.5) is 4.39 Å². The first-order chi connectivity index (χ1) is 13.7. The van der Waals surface area contributed by atoms with Crippen LogP contribution in [0, 0.1) is 5.82 Å². The maximum atomic E-state index is 13.8. The van der Waals surface area contributed by atoms with E-state index in [0.717, 1.165) is 18.5 Å². The predicted molar refractivity (Wildman–Crippen MR) is 101 cm³/mol. The number of carbonyl (C=O) groups excluding carboxylic acids is 1. The third-order valence-electron chi connectivity index (χ3n) is 4.69. The molecule has 0 aliphatic carbocycles. The molecule has 1 aliphatic heterocycles. The van der Waals surface area contributed by atoms with E-state index in [4.69, 9.17) is 4.74 Å². The van der Waals surface area contributed by atoms with Gasteiger partial charge in [0.15, 0.2) is 11.6 Å². The summed E-state index contributed by atoms with van der Waals surface area (Å²) in [6, 6.07) is 11.5. The Kier molecular flexibility index (Phi) is 5.23. The largest absolute Gasteiger partial charge is 0.434 e. The van der Waals surface area contributed by atoms with Crippen molar-refractivity contribution >= 4 is 5.91 Å². The van der Waals surface area contributed by atoms with E-state index in [1.807, 2.05) is 0 Å². The predicted octanol–water partition coefficient (Wildman–Crippen LogP) is 3.82. The Labute approximate surface area is 162 Å². The number of nitrogens with zero attached hydrogens (tertiary/aromatic N) is 4. The van der Waals surface area contributed by atoms with Gasteiger partial charge >= 0.3 is 0 Å². The number of carbonyl (C=O) groups is 1. The van der Waals surface area contributed by atoms with Crippen LogP contribution >= 0.6 is 0 Å². The summed E-state index contributed by atoms with van der Waals surface area (Å²) in [5, 5.41) is 0. The fraction of sp³-hybridized carbons (Fsp3) is 0.238. The van der Waals surface area contributed by atoms with Crippen molar-refractivity contribution in [2.45, 2.75) is 18.8 Å². The molecule has 3 aromatic rings. The molecule has 7 heteroatoms. The molecule has 0 N–H and O–H groups in total. The fourth-order valence-electron chi connectivity index (χ4n) is 3.30. The standard InChI is InChI=1S/C21H19FN4O2/c22-16-7-1-2-9-19(16)28-20-13-23-12-18(25-20)15-6-5-11-26(14-15)21(27)17-8-3-4-10-24-17/h1-4,7-10,12-13,15H,5-6,11,14H2/t15-/m0/s1. The molecule has 1 aliphatic rings. The van der Waals surface area contributed by atoms with Crippen molar-refractivity contribution in [3.8, 4) is 11.6 Å². The third kappa shape index (κ3) is 3.98. The van der Waals surface area contributed by atoms with Crippen molar-refractivity contribution in [3.05, 3.63) is 78.3 Å². The number of benzene rings is 1. The Morgan fingerprint density at radius 3 is 2.82 bits per heavy atom. The monoisotopic (exact) mass is 378 g/mol. The van der Waals surface area contributed by atoms with Crippen LogP contribution in [0.25, 0.3) is 0 Å². The summed E-state index contributed by atoms with van der Waals surface area (Å²) in [5.74, 6) is -0.171. The normalized spacial score (nSPS) is 16.6. The Hall–Kier alpha value is -3.35. The van der Waals surface area contributed by atoms with Gasteiger partial charge in [0.2, 0.25) is 5.88 Å². The number of halogens is 1. The topological polar surface area (TPSA) is 68.2 Å². The maximum absolute atomic E-state index is 13.8. The van der Waals surface area contributed by atoms with Gasteiger partial charge in [-0.2, -0.15) is 0 Å². The van der Waals surface area contributed by atoms with E-state index in [1.54, 1.807) is 47.6 Å². The molecule has 1 aromatic carbocycles. The first-order valence-corrected chi connectivity index (χ1v) is 9.15. The summed E-state index contributed by atoms with van der Waals surface area (Å²) >= 11 is 0. The van der Waals surface area contributed by atoms with Crippen LogP contribution in [-0.4, -0.2) is 38.8 Å². The lowest BCUT2D eigenvalue weighted by Gasteiger charge is -2.32. The summed E-state index contributed by atoms with van der Waals surface area (Å²) < 4.78 is 19.4. The lowest BCUT2D eigenvalue weighted by molar-refractivity contribution is 0.0699. The average Bonchev–Trinajstić information content (AvgIpc) is 2.76. The second-order valence-corrected chi connectivity index (χ2v) is 6.62. The lowest BCUT2D eigenvalue weighted by atomic mass is 9.95. The molecule has 3 heterocycles. The van der Waals surface area contributed by atoms with Crippen molar-refractivity contribution in [3.63, 3.8) is 0 Å². The molecule has 1 atom stereocenters. The Bertz CT molecular complexity index is 967. The number of hydrogen-bond acceptors (Lipinski definition) is 5. The van der Waals surface area contributed by atoms with Crippen molar-refractivity contribution in [1.82, 2.24) is 19.9 Å². The zero-order chi connectivity index (χ0) is 19.3. The van der Waals surface area contributed by atoms with E-state index >= 15 is 0 Å². The summed E-state index contributed by atoms with van der Waals surface area (Å²) in [6.45, 7) is 1.22. The third-order valence-corrected chi connectivity index (χ3v) is 4.69. The van der Waals surface area contributed by atoms with E-state index in [2.05, 4.69) is 15.0 Å². The van der Waals surface area contributed by atoms with E-state index < -0.39 is 5.82 Å². The number of pyridine rings is 1. The van der Waals surface area contributed by atoms with E-state index in [-0.39, 0.29) is 23.5 Å². The summed E-state index contributed by atoms with van der Waals surface area (Å²) in [4.78, 5) is 27.3. The molecule has 2 aromatic heterocycles. The molecule has 28 heavy (non-hydrogen) atoms. The van der Waals surface area contributed by atoms with Crippen LogP contribution in [0.5, 0.6) is 11.6 Å². The van der Waals surface area contributed by atoms with Crippen molar-refractivity contribution < 1.29 is 13.9 Å². The molecule has 0 spiro atoms. The zero-order valence-electron chi connectivity index (χ0n) is 15.2. The van der Waals surface area contributed by atoms with E-state index in [9.17, 15) is 9.18 Å². The van der Waals surface area contributed by atoms with Gasteiger partial charge in [-0.1, -0.05) is 18.2 Å². The maximum Gasteiger partial charge on any atom is 0.272 e. The van der Waals surface area contributed by atoms with Gasteiger partial charge in [0.25, 0.3) is 5.91 Å². The van der Waals surface area contributed by atoms with Gasteiger partial charge < -0.3 is 9.64 Å². The molecular formula is C21H19FN4O2. The quantitative estimate of drug-likeness (QED) is 0.690. The molecule has 0 radical (unpaired) electrons. The molecule has 1 fully saturated rings. The molecule has 6 nitrogen and oxygen atoms in total. The average molecular weight is 378 g/mol. The minimum atomic E-state index is -0.459. The van der Waals surface area contributed by atoms with Gasteiger partial charge in [-0.25, -0.2) is 9.37 Å². The molecule has 1 saturated heterocycles. The number of piperidine rings is 1.